The zero-order valence-corrected chi connectivity index (χ0v) is 18.6. The first kappa shape index (κ1) is 20.4. The van der Waals surface area contributed by atoms with E-state index in [4.69, 9.17) is 14.7 Å². The number of carbonyl (C=O) groups excluding carboxylic acids is 1. The molecule has 0 atom stereocenters. The molecule has 1 saturated heterocycles. The molecule has 1 aromatic carbocycles. The van der Waals surface area contributed by atoms with Gasteiger partial charge in [-0.05, 0) is 48.6 Å². The molecule has 1 aliphatic rings. The van der Waals surface area contributed by atoms with Gasteiger partial charge in [0.15, 0.2) is 22.8 Å². The van der Waals surface area contributed by atoms with E-state index in [1.165, 1.54) is 0 Å². The van der Waals surface area contributed by atoms with Gasteiger partial charge >= 0.3 is 0 Å². The first-order valence-electron chi connectivity index (χ1n) is 10.7. The molecule has 1 N–H and O–H groups in total. The van der Waals surface area contributed by atoms with E-state index >= 15 is 0 Å². The van der Waals surface area contributed by atoms with Crippen molar-refractivity contribution in [3.8, 4) is 22.8 Å². The summed E-state index contributed by atoms with van der Waals surface area (Å²) in [6.45, 7) is 2.32. The molecule has 5 rings (SSSR count). The van der Waals surface area contributed by atoms with E-state index in [1.54, 1.807) is 24.8 Å². The van der Waals surface area contributed by atoms with E-state index in [2.05, 4.69) is 15.7 Å². The van der Waals surface area contributed by atoms with Crippen LogP contribution < -0.4 is 10.1 Å². The summed E-state index contributed by atoms with van der Waals surface area (Å²) in [5.41, 5.74) is 3.40. The average molecular weight is 449 g/mol. The molecule has 1 fully saturated rings. The average Bonchev–Trinajstić information content (AvgIpc) is 3.57. The Bertz CT molecular complexity index is 1220. The van der Waals surface area contributed by atoms with Crippen molar-refractivity contribution in [2.75, 3.05) is 32.1 Å². The number of rotatable bonds is 8. The third kappa shape index (κ3) is 4.03. The maximum Gasteiger partial charge on any atom is 0.222 e. The number of hydrogen-bond acceptors (Lipinski definition) is 7. The van der Waals surface area contributed by atoms with Crippen LogP contribution in [0, 0.1) is 0 Å². The lowest BCUT2D eigenvalue weighted by Gasteiger charge is -2.15. The number of anilines is 1. The molecular weight excluding hydrogens is 424 g/mol. The molecular formula is C23H24N6O2S. The number of imidazole rings is 1. The highest BCUT2D eigenvalue weighted by molar-refractivity contribution is 7.08. The van der Waals surface area contributed by atoms with Gasteiger partial charge in [0.05, 0.1) is 12.8 Å². The van der Waals surface area contributed by atoms with E-state index in [1.807, 2.05) is 45.2 Å². The summed E-state index contributed by atoms with van der Waals surface area (Å²) in [6.07, 6.45) is 4.27. The summed E-state index contributed by atoms with van der Waals surface area (Å²) < 4.78 is 7.26. The molecule has 4 aromatic rings. The first-order valence-corrected chi connectivity index (χ1v) is 11.6. The Balaban J connectivity index is 1.45. The van der Waals surface area contributed by atoms with E-state index in [0.29, 0.717) is 24.6 Å². The molecule has 0 bridgehead atoms. The quantitative estimate of drug-likeness (QED) is 0.411. The van der Waals surface area contributed by atoms with Crippen molar-refractivity contribution in [3.05, 3.63) is 47.4 Å². The maximum absolute atomic E-state index is 11.8. The van der Waals surface area contributed by atoms with Crippen LogP contribution in [-0.4, -0.2) is 57.1 Å². The van der Waals surface area contributed by atoms with Crippen molar-refractivity contribution in [1.82, 2.24) is 24.4 Å². The smallest absolute Gasteiger partial charge is 0.222 e. The van der Waals surface area contributed by atoms with Crippen molar-refractivity contribution in [2.45, 2.75) is 19.3 Å². The number of nitrogens with zero attached hydrogens (tertiary/aromatic N) is 5. The molecule has 0 aliphatic carbocycles. The predicted octanol–water partition coefficient (Wildman–Crippen LogP) is 3.98. The monoisotopic (exact) mass is 448 g/mol. The summed E-state index contributed by atoms with van der Waals surface area (Å²) >= 11 is 1.63. The molecule has 1 amide bonds. The summed E-state index contributed by atoms with van der Waals surface area (Å²) in [5, 5.41) is 7.53. The number of nitrogens with one attached hydrogen (secondary N) is 1. The predicted molar refractivity (Wildman–Crippen MR) is 125 cm³/mol. The SMILES string of the molecule is COc1ccc(-c2nc(NCCCN3CCCC3=O)c3ncn(-c4ccsc4)c3n2)cc1. The largest absolute Gasteiger partial charge is 0.497 e. The molecule has 164 valence electrons. The van der Waals surface area contributed by atoms with Gasteiger partial charge in [-0.25, -0.2) is 15.0 Å². The lowest BCUT2D eigenvalue weighted by atomic mass is 10.2. The number of carbonyl (C=O) groups is 1. The van der Waals surface area contributed by atoms with E-state index in [-0.39, 0.29) is 5.91 Å². The number of thiophene rings is 1. The Morgan fingerprint density at radius 3 is 2.78 bits per heavy atom. The number of ether oxygens (including phenoxy) is 1. The van der Waals surface area contributed by atoms with Gasteiger partial charge in [-0.1, -0.05) is 0 Å². The van der Waals surface area contributed by atoms with Crippen LogP contribution in [0.5, 0.6) is 5.75 Å². The van der Waals surface area contributed by atoms with Gasteiger partial charge in [0.25, 0.3) is 0 Å². The second-order valence-electron chi connectivity index (χ2n) is 7.66. The number of fused-ring (bicyclic) bond motifs is 1. The number of methoxy groups -OCH3 is 1. The first-order chi connectivity index (χ1) is 15.7. The number of aromatic nitrogens is 4. The lowest BCUT2D eigenvalue weighted by Crippen LogP contribution is -2.27. The van der Waals surface area contributed by atoms with Crippen LogP contribution in [0.15, 0.2) is 47.4 Å². The Morgan fingerprint density at radius 1 is 1.19 bits per heavy atom. The second-order valence-corrected chi connectivity index (χ2v) is 8.44. The highest BCUT2D eigenvalue weighted by atomic mass is 32.1. The molecule has 0 unspecified atom stereocenters. The second kappa shape index (κ2) is 8.96. The van der Waals surface area contributed by atoms with Gasteiger partial charge in [0.2, 0.25) is 5.91 Å². The van der Waals surface area contributed by atoms with Crippen LogP contribution in [-0.2, 0) is 4.79 Å². The molecule has 3 aromatic heterocycles. The van der Waals surface area contributed by atoms with E-state index in [9.17, 15) is 4.79 Å². The number of benzene rings is 1. The fourth-order valence-corrected chi connectivity index (χ4v) is 4.52. The molecule has 0 spiro atoms. The normalized spacial score (nSPS) is 13.8. The van der Waals surface area contributed by atoms with E-state index < -0.39 is 0 Å². The van der Waals surface area contributed by atoms with Crippen LogP contribution in [0.2, 0.25) is 0 Å². The van der Waals surface area contributed by atoms with Crippen molar-refractivity contribution in [2.24, 2.45) is 0 Å². The third-order valence-corrected chi connectivity index (χ3v) is 6.27. The van der Waals surface area contributed by atoms with Gasteiger partial charge in [0, 0.05) is 37.0 Å². The molecule has 8 nitrogen and oxygen atoms in total. The minimum atomic E-state index is 0.255. The molecule has 0 saturated carbocycles. The van der Waals surface area contributed by atoms with Gasteiger partial charge in [-0.3, -0.25) is 9.36 Å². The number of hydrogen-bond donors (Lipinski definition) is 1. The summed E-state index contributed by atoms with van der Waals surface area (Å²) in [4.78, 5) is 28.0. The molecule has 1 aliphatic heterocycles. The van der Waals surface area contributed by atoms with Gasteiger partial charge in [-0.2, -0.15) is 11.3 Å². The Morgan fingerprint density at radius 2 is 2.06 bits per heavy atom. The maximum atomic E-state index is 11.8. The highest BCUT2D eigenvalue weighted by Crippen LogP contribution is 2.27. The van der Waals surface area contributed by atoms with Gasteiger partial charge in [0.1, 0.15) is 12.1 Å². The Hall–Kier alpha value is -3.46. The van der Waals surface area contributed by atoms with Crippen LogP contribution >= 0.6 is 11.3 Å². The standard InChI is InChI=1S/C23H24N6O2S/c1-31-18-7-5-16(6-8-18)21-26-22(24-10-3-12-28-11-2-4-19(28)30)20-23(27-21)29(15-25-20)17-9-13-32-14-17/h5-9,13-15H,2-4,10-12H2,1H3,(H,24,26,27). The third-order valence-electron chi connectivity index (χ3n) is 5.60. The highest BCUT2D eigenvalue weighted by Gasteiger charge is 2.19. The zero-order valence-electron chi connectivity index (χ0n) is 17.8. The topological polar surface area (TPSA) is 85.2 Å². The van der Waals surface area contributed by atoms with Crippen molar-refractivity contribution in [3.63, 3.8) is 0 Å². The van der Waals surface area contributed by atoms with E-state index in [0.717, 1.165) is 54.1 Å². The van der Waals surface area contributed by atoms with Crippen molar-refractivity contribution in [1.29, 1.82) is 0 Å². The summed E-state index contributed by atoms with van der Waals surface area (Å²) in [6, 6.07) is 9.75. The fraction of sp³-hybridized carbons (Fsp3) is 0.304. The summed E-state index contributed by atoms with van der Waals surface area (Å²) in [5.74, 6) is 2.36. The lowest BCUT2D eigenvalue weighted by molar-refractivity contribution is -0.127. The van der Waals surface area contributed by atoms with Crippen LogP contribution in [0.3, 0.4) is 0 Å². The van der Waals surface area contributed by atoms with Gasteiger partial charge in [-0.15, -0.1) is 0 Å². The Kier molecular flexibility index (Phi) is 5.72. The van der Waals surface area contributed by atoms with Crippen molar-refractivity contribution >= 4 is 34.2 Å². The number of likely N-dealkylation sites (tertiary alicyclic amines) is 1. The molecule has 0 radical (unpaired) electrons. The van der Waals surface area contributed by atoms with Crippen LogP contribution in [0.1, 0.15) is 19.3 Å². The number of amides is 1. The fourth-order valence-electron chi connectivity index (χ4n) is 3.89. The van der Waals surface area contributed by atoms with Crippen LogP contribution in [0.25, 0.3) is 28.2 Å². The molecule has 4 heterocycles. The van der Waals surface area contributed by atoms with Gasteiger partial charge < -0.3 is 15.0 Å². The summed E-state index contributed by atoms with van der Waals surface area (Å²) in [7, 11) is 1.65. The minimum absolute atomic E-state index is 0.255. The molecule has 9 heteroatoms. The Labute approximate surface area is 189 Å². The minimum Gasteiger partial charge on any atom is -0.497 e. The van der Waals surface area contributed by atoms with Crippen LogP contribution in [0.4, 0.5) is 5.82 Å². The zero-order chi connectivity index (χ0) is 21.9. The molecule has 32 heavy (non-hydrogen) atoms. The van der Waals surface area contributed by atoms with Crippen molar-refractivity contribution < 1.29 is 9.53 Å².